The van der Waals surface area contributed by atoms with Gasteiger partial charge in [-0.05, 0) is 25.0 Å². The van der Waals surface area contributed by atoms with E-state index in [9.17, 15) is 4.79 Å². The Morgan fingerprint density at radius 2 is 2.00 bits per heavy atom. The Kier molecular flexibility index (Phi) is 8.23. The van der Waals surface area contributed by atoms with E-state index in [4.69, 9.17) is 19.9 Å². The lowest BCUT2D eigenvalue weighted by atomic mass is 10.1. The zero-order valence-corrected chi connectivity index (χ0v) is 12.7. The standard InChI is InChI=1S/C15H24N2O4/c1-19-9-10-21-8-4-3-7-17-15(18)13-6-5-12(16)11-14(13)20-2/h5-6,11H,3-4,7-10,16H2,1-2H3,(H,17,18). The number of carbonyl (C=O) groups excluding carboxylic acids is 1. The second kappa shape index (κ2) is 10.0. The van der Waals surface area contributed by atoms with Gasteiger partial charge >= 0.3 is 0 Å². The number of hydrogen-bond acceptors (Lipinski definition) is 5. The zero-order chi connectivity index (χ0) is 15.5. The number of nitrogens with two attached hydrogens (primary N) is 1. The Hall–Kier alpha value is -1.79. The molecule has 0 spiro atoms. The summed E-state index contributed by atoms with van der Waals surface area (Å²) in [6.45, 7) is 2.48. The number of nitrogens with one attached hydrogen (secondary N) is 1. The van der Waals surface area contributed by atoms with Gasteiger partial charge in [0.15, 0.2) is 0 Å². The maximum atomic E-state index is 12.0. The van der Waals surface area contributed by atoms with Crippen LogP contribution in [0.4, 0.5) is 5.69 Å². The molecule has 0 fully saturated rings. The fourth-order valence-corrected chi connectivity index (χ4v) is 1.77. The average Bonchev–Trinajstić information content (AvgIpc) is 2.49. The van der Waals surface area contributed by atoms with Gasteiger partial charge in [0.05, 0.1) is 25.9 Å². The number of nitrogen functional groups attached to an aromatic ring is 1. The molecular weight excluding hydrogens is 272 g/mol. The van der Waals surface area contributed by atoms with Crippen molar-refractivity contribution in [3.8, 4) is 5.75 Å². The number of carbonyl (C=O) groups is 1. The largest absolute Gasteiger partial charge is 0.496 e. The highest BCUT2D eigenvalue weighted by Crippen LogP contribution is 2.21. The summed E-state index contributed by atoms with van der Waals surface area (Å²) in [5, 5.41) is 2.86. The number of ether oxygens (including phenoxy) is 3. The molecule has 0 aliphatic heterocycles. The Labute approximate surface area is 125 Å². The zero-order valence-electron chi connectivity index (χ0n) is 12.7. The number of unbranched alkanes of at least 4 members (excludes halogenated alkanes) is 1. The van der Waals surface area contributed by atoms with Gasteiger partial charge in [-0.25, -0.2) is 0 Å². The lowest BCUT2D eigenvalue weighted by Crippen LogP contribution is -2.25. The molecule has 0 aliphatic rings. The molecule has 0 saturated heterocycles. The summed E-state index contributed by atoms with van der Waals surface area (Å²) in [6, 6.07) is 4.98. The van der Waals surface area contributed by atoms with Gasteiger partial charge in [0.1, 0.15) is 5.75 Å². The topological polar surface area (TPSA) is 82.8 Å². The molecule has 0 aromatic heterocycles. The van der Waals surface area contributed by atoms with Gasteiger partial charge in [-0.2, -0.15) is 0 Å². The molecular formula is C15H24N2O4. The van der Waals surface area contributed by atoms with Gasteiger partial charge in [0.2, 0.25) is 0 Å². The van der Waals surface area contributed by atoms with Crippen LogP contribution in [0.5, 0.6) is 5.75 Å². The van der Waals surface area contributed by atoms with Crippen molar-refractivity contribution in [3.05, 3.63) is 23.8 Å². The molecule has 0 bridgehead atoms. The monoisotopic (exact) mass is 296 g/mol. The van der Waals surface area contributed by atoms with Crippen molar-refractivity contribution in [3.63, 3.8) is 0 Å². The van der Waals surface area contributed by atoms with Crippen LogP contribution in [0.2, 0.25) is 0 Å². The Bertz CT molecular complexity index is 438. The summed E-state index contributed by atoms with van der Waals surface area (Å²) >= 11 is 0. The maximum Gasteiger partial charge on any atom is 0.255 e. The van der Waals surface area contributed by atoms with E-state index >= 15 is 0 Å². The van der Waals surface area contributed by atoms with Gasteiger partial charge in [0.25, 0.3) is 5.91 Å². The van der Waals surface area contributed by atoms with E-state index in [2.05, 4.69) is 5.32 Å². The highest BCUT2D eigenvalue weighted by molar-refractivity contribution is 5.97. The highest BCUT2D eigenvalue weighted by Gasteiger charge is 2.11. The van der Waals surface area contributed by atoms with E-state index in [1.807, 2.05) is 0 Å². The molecule has 1 aromatic rings. The SMILES string of the molecule is COCCOCCCCNC(=O)c1ccc(N)cc1OC. The van der Waals surface area contributed by atoms with E-state index in [0.717, 1.165) is 12.8 Å². The van der Waals surface area contributed by atoms with Crippen LogP contribution in [-0.2, 0) is 9.47 Å². The minimum absolute atomic E-state index is 0.160. The normalized spacial score (nSPS) is 10.4. The van der Waals surface area contributed by atoms with Gasteiger partial charge in [-0.15, -0.1) is 0 Å². The van der Waals surface area contributed by atoms with Gasteiger partial charge in [0, 0.05) is 32.0 Å². The molecule has 0 unspecified atom stereocenters. The molecule has 1 rings (SSSR count). The lowest BCUT2D eigenvalue weighted by Gasteiger charge is -2.10. The van der Waals surface area contributed by atoms with Crippen LogP contribution in [-0.4, -0.2) is 46.5 Å². The number of methoxy groups -OCH3 is 2. The number of amides is 1. The molecule has 6 heteroatoms. The first-order valence-corrected chi connectivity index (χ1v) is 6.97. The third kappa shape index (κ3) is 6.46. The molecule has 0 atom stereocenters. The van der Waals surface area contributed by atoms with Crippen LogP contribution < -0.4 is 15.8 Å². The van der Waals surface area contributed by atoms with Crippen molar-refractivity contribution in [2.45, 2.75) is 12.8 Å². The third-order valence-electron chi connectivity index (χ3n) is 2.90. The van der Waals surface area contributed by atoms with E-state index in [-0.39, 0.29) is 5.91 Å². The predicted molar refractivity (Wildman–Crippen MR) is 81.7 cm³/mol. The fourth-order valence-electron chi connectivity index (χ4n) is 1.77. The third-order valence-corrected chi connectivity index (χ3v) is 2.90. The van der Waals surface area contributed by atoms with Crippen LogP contribution >= 0.6 is 0 Å². The Morgan fingerprint density at radius 1 is 1.19 bits per heavy atom. The summed E-state index contributed by atoms with van der Waals surface area (Å²) in [4.78, 5) is 12.0. The molecule has 0 heterocycles. The van der Waals surface area contributed by atoms with Crippen LogP contribution in [0.1, 0.15) is 23.2 Å². The summed E-state index contributed by atoms with van der Waals surface area (Å²) in [6.07, 6.45) is 1.75. The molecule has 0 radical (unpaired) electrons. The summed E-state index contributed by atoms with van der Waals surface area (Å²) in [5.41, 5.74) is 6.71. The van der Waals surface area contributed by atoms with Crippen LogP contribution in [0.3, 0.4) is 0 Å². The fraction of sp³-hybridized carbons (Fsp3) is 0.533. The molecule has 6 nitrogen and oxygen atoms in total. The first-order valence-electron chi connectivity index (χ1n) is 6.97. The van der Waals surface area contributed by atoms with Crippen molar-refractivity contribution in [1.82, 2.24) is 5.32 Å². The molecule has 0 saturated carbocycles. The number of anilines is 1. The summed E-state index contributed by atoms with van der Waals surface area (Å²) in [7, 11) is 3.16. The van der Waals surface area contributed by atoms with E-state index < -0.39 is 0 Å². The average molecular weight is 296 g/mol. The first-order chi connectivity index (χ1) is 10.2. The molecule has 3 N–H and O–H groups in total. The highest BCUT2D eigenvalue weighted by atomic mass is 16.5. The van der Waals surface area contributed by atoms with Crippen molar-refractivity contribution < 1.29 is 19.0 Å². The minimum Gasteiger partial charge on any atom is -0.496 e. The van der Waals surface area contributed by atoms with Crippen molar-refractivity contribution in [2.24, 2.45) is 0 Å². The van der Waals surface area contributed by atoms with Gasteiger partial charge in [-0.1, -0.05) is 0 Å². The molecule has 1 amide bonds. The van der Waals surface area contributed by atoms with E-state index in [1.54, 1.807) is 25.3 Å². The quantitative estimate of drug-likeness (QED) is 0.504. The summed E-state index contributed by atoms with van der Waals surface area (Å²) in [5.74, 6) is 0.322. The second-order valence-electron chi connectivity index (χ2n) is 4.53. The van der Waals surface area contributed by atoms with Crippen LogP contribution in [0.25, 0.3) is 0 Å². The number of rotatable bonds is 10. The van der Waals surface area contributed by atoms with Crippen molar-refractivity contribution in [2.75, 3.05) is 46.3 Å². The smallest absolute Gasteiger partial charge is 0.255 e. The van der Waals surface area contributed by atoms with Crippen LogP contribution in [0, 0.1) is 0 Å². The van der Waals surface area contributed by atoms with Crippen LogP contribution in [0.15, 0.2) is 18.2 Å². The number of hydrogen-bond donors (Lipinski definition) is 2. The Balaban J connectivity index is 2.25. The Morgan fingerprint density at radius 3 is 2.71 bits per heavy atom. The van der Waals surface area contributed by atoms with E-state index in [0.29, 0.717) is 43.4 Å². The predicted octanol–water partition coefficient (Wildman–Crippen LogP) is 1.45. The van der Waals surface area contributed by atoms with Crippen molar-refractivity contribution >= 4 is 11.6 Å². The molecule has 21 heavy (non-hydrogen) atoms. The minimum atomic E-state index is -0.160. The van der Waals surface area contributed by atoms with Gasteiger partial charge in [-0.3, -0.25) is 4.79 Å². The number of benzene rings is 1. The lowest BCUT2D eigenvalue weighted by molar-refractivity contribution is 0.0686. The molecule has 118 valence electrons. The molecule has 1 aromatic carbocycles. The first kappa shape index (κ1) is 17.3. The molecule has 0 aliphatic carbocycles. The second-order valence-corrected chi connectivity index (χ2v) is 4.53. The summed E-state index contributed by atoms with van der Waals surface area (Å²) < 4.78 is 15.4. The van der Waals surface area contributed by atoms with Crippen molar-refractivity contribution in [1.29, 1.82) is 0 Å². The van der Waals surface area contributed by atoms with E-state index in [1.165, 1.54) is 7.11 Å². The van der Waals surface area contributed by atoms with Gasteiger partial charge < -0.3 is 25.3 Å². The maximum absolute atomic E-state index is 12.0.